The summed E-state index contributed by atoms with van der Waals surface area (Å²) in [7, 11) is 0. The molecule has 0 unspecified atom stereocenters. The molecule has 0 saturated carbocycles. The topological polar surface area (TPSA) is 70.1 Å². The highest BCUT2D eigenvalue weighted by Crippen LogP contribution is 2.16. The summed E-state index contributed by atoms with van der Waals surface area (Å²) >= 11 is 5.91. The maximum absolute atomic E-state index is 11.4. The molecule has 0 radical (unpaired) electrons. The van der Waals surface area contributed by atoms with Gasteiger partial charge in [0, 0.05) is 0 Å². The third kappa shape index (κ3) is 4.16. The van der Waals surface area contributed by atoms with Crippen LogP contribution in [-0.4, -0.2) is 15.9 Å². The van der Waals surface area contributed by atoms with Gasteiger partial charge in [-0.25, -0.2) is 5.10 Å². The quantitative estimate of drug-likeness (QED) is 0.658. The molecule has 0 fully saturated rings. The Morgan fingerprint density at radius 3 is 2.76 bits per heavy atom. The Morgan fingerprint density at radius 2 is 2.10 bits per heavy atom. The zero-order valence-electron chi connectivity index (χ0n) is 11.9. The molecule has 0 aliphatic carbocycles. The summed E-state index contributed by atoms with van der Waals surface area (Å²) in [5.41, 5.74) is 4.71. The van der Waals surface area contributed by atoms with Crippen molar-refractivity contribution < 1.29 is 0 Å². The first kappa shape index (κ1) is 15.3. The van der Waals surface area contributed by atoms with Gasteiger partial charge < -0.3 is 0 Å². The first-order chi connectivity index (χ1) is 10.1. The Kier molecular flexibility index (Phi) is 5.11. The first-order valence-electron chi connectivity index (χ1n) is 6.69. The largest absolute Gasteiger partial charge is 0.285 e. The minimum Gasteiger partial charge on any atom is -0.275 e. The molecule has 0 aliphatic rings. The number of hydrazone groups is 1. The number of anilines is 1. The lowest BCUT2D eigenvalue weighted by atomic mass is 10.0. The van der Waals surface area contributed by atoms with Gasteiger partial charge in [0.1, 0.15) is 10.7 Å². The van der Waals surface area contributed by atoms with Crippen LogP contribution in [0.1, 0.15) is 25.8 Å². The fourth-order valence-corrected chi connectivity index (χ4v) is 1.97. The van der Waals surface area contributed by atoms with Gasteiger partial charge in [0.15, 0.2) is 0 Å². The fourth-order valence-electron chi connectivity index (χ4n) is 1.83. The van der Waals surface area contributed by atoms with E-state index in [1.165, 1.54) is 6.20 Å². The number of nitrogens with one attached hydrogen (secondary N) is 2. The minimum atomic E-state index is -0.443. The third-order valence-electron chi connectivity index (χ3n) is 2.82. The van der Waals surface area contributed by atoms with Crippen molar-refractivity contribution in [3.05, 3.63) is 57.5 Å². The van der Waals surface area contributed by atoms with Crippen molar-refractivity contribution in [2.75, 3.05) is 5.43 Å². The monoisotopic (exact) mass is 304 g/mol. The Balaban J connectivity index is 2.29. The molecule has 6 heteroatoms. The van der Waals surface area contributed by atoms with Crippen molar-refractivity contribution in [3.8, 4) is 0 Å². The molecule has 1 aromatic carbocycles. The maximum atomic E-state index is 11.4. The molecule has 2 N–H and O–H groups in total. The van der Waals surface area contributed by atoms with E-state index in [1.54, 1.807) is 0 Å². The fraction of sp³-hybridized carbons (Fsp3) is 0.267. The Morgan fingerprint density at radius 1 is 1.38 bits per heavy atom. The van der Waals surface area contributed by atoms with Crippen molar-refractivity contribution in [3.63, 3.8) is 0 Å². The lowest BCUT2D eigenvalue weighted by molar-refractivity contribution is 0.683. The smallest absolute Gasteiger partial charge is 0.275 e. The summed E-state index contributed by atoms with van der Waals surface area (Å²) in [5.74, 6) is 0.457. The molecule has 1 heterocycles. The summed E-state index contributed by atoms with van der Waals surface area (Å²) in [6, 6.07) is 9.89. The standard InChI is InChI=1S/C15H17ClN4O/c1-10(2)8-12(11-6-4-3-5-7-11)18-19-13-9-17-20-15(21)14(13)16/h3-7,9-10H,8H2,1-2H3,(H2,19,20,21)/b18-12-. The Hall–Kier alpha value is -2.14. The summed E-state index contributed by atoms with van der Waals surface area (Å²) in [6.45, 7) is 4.25. The molecule has 2 rings (SSSR count). The van der Waals surface area contributed by atoms with Crippen LogP contribution in [0.15, 0.2) is 46.4 Å². The maximum Gasteiger partial charge on any atom is 0.285 e. The molecule has 0 atom stereocenters. The number of hydrogen-bond acceptors (Lipinski definition) is 4. The molecule has 110 valence electrons. The number of hydrogen-bond donors (Lipinski definition) is 2. The lowest BCUT2D eigenvalue weighted by Crippen LogP contribution is -2.12. The highest BCUT2D eigenvalue weighted by Gasteiger charge is 2.08. The molecule has 0 spiro atoms. The van der Waals surface area contributed by atoms with Crippen molar-refractivity contribution >= 4 is 23.0 Å². The second-order valence-corrected chi connectivity index (χ2v) is 5.44. The second-order valence-electron chi connectivity index (χ2n) is 5.06. The van der Waals surface area contributed by atoms with E-state index < -0.39 is 5.56 Å². The van der Waals surface area contributed by atoms with Crippen LogP contribution < -0.4 is 11.0 Å². The lowest BCUT2D eigenvalue weighted by Gasteiger charge is -2.10. The molecule has 2 aromatic rings. The zero-order valence-corrected chi connectivity index (χ0v) is 12.7. The van der Waals surface area contributed by atoms with Crippen LogP contribution in [0, 0.1) is 5.92 Å². The molecule has 5 nitrogen and oxygen atoms in total. The van der Waals surface area contributed by atoms with Gasteiger partial charge in [0.2, 0.25) is 0 Å². The van der Waals surface area contributed by atoms with Crippen LogP contribution >= 0.6 is 11.6 Å². The van der Waals surface area contributed by atoms with Crippen molar-refractivity contribution in [2.45, 2.75) is 20.3 Å². The zero-order chi connectivity index (χ0) is 15.2. The normalized spacial score (nSPS) is 11.7. The summed E-state index contributed by atoms with van der Waals surface area (Å²) in [5, 5.41) is 10.4. The number of rotatable bonds is 5. The molecule has 0 bridgehead atoms. The van der Waals surface area contributed by atoms with E-state index in [-0.39, 0.29) is 5.02 Å². The predicted octanol–water partition coefficient (Wildman–Crippen LogP) is 3.29. The number of nitrogens with zero attached hydrogens (tertiary/aromatic N) is 2. The van der Waals surface area contributed by atoms with Crippen LogP contribution in [0.3, 0.4) is 0 Å². The SMILES string of the molecule is CC(C)C/C(=N/Nc1cn[nH]c(=O)c1Cl)c1ccccc1. The van der Waals surface area contributed by atoms with E-state index in [4.69, 9.17) is 11.6 Å². The number of benzene rings is 1. The van der Waals surface area contributed by atoms with Gasteiger partial charge in [0.05, 0.1) is 11.9 Å². The van der Waals surface area contributed by atoms with Gasteiger partial charge in [-0.1, -0.05) is 55.8 Å². The van der Waals surface area contributed by atoms with Crippen LogP contribution in [-0.2, 0) is 0 Å². The van der Waals surface area contributed by atoms with Crippen molar-refractivity contribution in [1.29, 1.82) is 0 Å². The van der Waals surface area contributed by atoms with E-state index >= 15 is 0 Å². The van der Waals surface area contributed by atoms with E-state index in [0.29, 0.717) is 11.6 Å². The molecular formula is C15H17ClN4O. The molecule has 1 aromatic heterocycles. The van der Waals surface area contributed by atoms with Crippen LogP contribution in [0.25, 0.3) is 0 Å². The number of H-pyrrole nitrogens is 1. The van der Waals surface area contributed by atoms with Gasteiger partial charge in [-0.05, 0) is 17.9 Å². The van der Waals surface area contributed by atoms with Crippen LogP contribution in [0.2, 0.25) is 5.02 Å². The van der Waals surface area contributed by atoms with Crippen molar-refractivity contribution in [2.24, 2.45) is 11.0 Å². The molecule has 0 aliphatic heterocycles. The summed E-state index contributed by atoms with van der Waals surface area (Å²) < 4.78 is 0. The molecular weight excluding hydrogens is 288 g/mol. The van der Waals surface area contributed by atoms with E-state index in [2.05, 4.69) is 34.6 Å². The van der Waals surface area contributed by atoms with E-state index in [9.17, 15) is 4.79 Å². The molecule has 0 amide bonds. The average Bonchev–Trinajstić information content (AvgIpc) is 2.48. The highest BCUT2D eigenvalue weighted by molar-refractivity contribution is 6.32. The molecule has 0 saturated heterocycles. The third-order valence-corrected chi connectivity index (χ3v) is 3.19. The van der Waals surface area contributed by atoms with Crippen LogP contribution in [0.5, 0.6) is 0 Å². The molecule has 21 heavy (non-hydrogen) atoms. The highest BCUT2D eigenvalue weighted by atomic mass is 35.5. The van der Waals surface area contributed by atoms with Gasteiger partial charge in [-0.2, -0.15) is 10.2 Å². The summed E-state index contributed by atoms with van der Waals surface area (Å²) in [6.07, 6.45) is 2.25. The van der Waals surface area contributed by atoms with Crippen LogP contribution in [0.4, 0.5) is 5.69 Å². The van der Waals surface area contributed by atoms with Gasteiger partial charge >= 0.3 is 0 Å². The number of aromatic nitrogens is 2. The van der Waals surface area contributed by atoms with E-state index in [1.807, 2.05) is 30.3 Å². The van der Waals surface area contributed by atoms with Gasteiger partial charge in [-0.3, -0.25) is 10.2 Å². The average molecular weight is 305 g/mol. The van der Waals surface area contributed by atoms with Crippen molar-refractivity contribution in [1.82, 2.24) is 10.2 Å². The Bertz CT molecular complexity index is 680. The number of aromatic amines is 1. The number of halogens is 1. The van der Waals surface area contributed by atoms with Gasteiger partial charge in [0.25, 0.3) is 5.56 Å². The van der Waals surface area contributed by atoms with Gasteiger partial charge in [-0.15, -0.1) is 0 Å². The van der Waals surface area contributed by atoms with E-state index in [0.717, 1.165) is 17.7 Å². The second kappa shape index (κ2) is 7.04. The summed E-state index contributed by atoms with van der Waals surface area (Å²) in [4.78, 5) is 11.4. The first-order valence-corrected chi connectivity index (χ1v) is 7.07. The minimum absolute atomic E-state index is 0.0470. The predicted molar refractivity (Wildman–Crippen MR) is 85.9 cm³/mol. The Labute approximate surface area is 128 Å².